The highest BCUT2D eigenvalue weighted by atomic mass is 19.4. The van der Waals surface area contributed by atoms with Gasteiger partial charge in [-0.15, -0.1) is 0 Å². The Bertz CT molecular complexity index is 2420. The number of hydrogen-bond acceptors (Lipinski definition) is 19. The number of carbonyl (C=O) groups is 3. The maximum absolute atomic E-state index is 13.7. The summed E-state index contributed by atoms with van der Waals surface area (Å²) in [5.74, 6) is -1.17. The predicted octanol–water partition coefficient (Wildman–Crippen LogP) is 7.46. The van der Waals surface area contributed by atoms with Crippen LogP contribution in [0, 0.1) is 0 Å². The molecule has 0 spiro atoms. The Balaban J connectivity index is 0.951. The van der Waals surface area contributed by atoms with Crippen LogP contribution in [0.2, 0.25) is 0 Å². The van der Waals surface area contributed by atoms with Gasteiger partial charge in [-0.1, -0.05) is 24.3 Å². The SMILES string of the molecule is CCN(CC)c1ccc(NC(=O)c2cccc(COCCOCCOCCOCCOCCOCCOC(=O)CCCOCCOCCOCCOCCOCCOCCOC)c2)c(-c2cc(C(=O)NCc3cccc(C(F)(F)F)c3)ccn2)c1. The molecule has 0 radical (unpaired) electrons. The number of carbonyl (C=O) groups excluding carboxylic acids is 3. The third kappa shape index (κ3) is 32.6. The van der Waals surface area contributed by atoms with Crippen molar-refractivity contribution in [2.24, 2.45) is 0 Å². The zero-order valence-electron chi connectivity index (χ0n) is 49.5. The van der Waals surface area contributed by atoms with Crippen LogP contribution in [0.3, 0.4) is 0 Å². The fraction of sp³-hybridized carbons (Fsp3) is 0.574. The van der Waals surface area contributed by atoms with Crippen LogP contribution in [-0.2, 0) is 90.4 Å². The second-order valence-corrected chi connectivity index (χ2v) is 18.5. The van der Waals surface area contributed by atoms with Crippen molar-refractivity contribution in [3.63, 3.8) is 0 Å². The Morgan fingerprint density at radius 3 is 1.52 bits per heavy atom. The molecule has 0 aliphatic heterocycles. The molecule has 24 heteroatoms. The molecule has 0 aliphatic carbocycles. The van der Waals surface area contributed by atoms with E-state index in [4.69, 9.17) is 66.3 Å². The number of methoxy groups -OCH3 is 1. The smallest absolute Gasteiger partial charge is 0.416 e. The zero-order valence-corrected chi connectivity index (χ0v) is 49.5. The van der Waals surface area contributed by atoms with Crippen molar-refractivity contribution in [3.05, 3.63) is 113 Å². The van der Waals surface area contributed by atoms with E-state index in [0.29, 0.717) is 186 Å². The highest BCUT2D eigenvalue weighted by molar-refractivity contribution is 6.06. The molecule has 0 saturated heterocycles. The van der Waals surface area contributed by atoms with Gasteiger partial charge in [0, 0.05) is 68.3 Å². The lowest BCUT2D eigenvalue weighted by atomic mass is 10.0. The number of ether oxygens (including phenoxy) is 14. The minimum absolute atomic E-state index is 0.113. The molecule has 2 N–H and O–H groups in total. The summed E-state index contributed by atoms with van der Waals surface area (Å²) < 4.78 is 116. The van der Waals surface area contributed by atoms with Crippen molar-refractivity contribution in [1.82, 2.24) is 10.3 Å². The minimum atomic E-state index is -4.50. The summed E-state index contributed by atoms with van der Waals surface area (Å²) in [4.78, 5) is 45.6. The Kier molecular flexibility index (Phi) is 38.5. The van der Waals surface area contributed by atoms with Gasteiger partial charge in [0.25, 0.3) is 11.8 Å². The number of nitrogens with one attached hydrogen (secondary N) is 2. The molecule has 0 saturated carbocycles. The second kappa shape index (κ2) is 45.6. The average Bonchev–Trinajstić information content (AvgIpc) is 3.69. The van der Waals surface area contributed by atoms with Crippen LogP contribution in [0.15, 0.2) is 85.1 Å². The van der Waals surface area contributed by atoms with Crippen molar-refractivity contribution in [2.45, 2.75) is 46.0 Å². The van der Waals surface area contributed by atoms with Gasteiger partial charge < -0.3 is 81.8 Å². The molecule has 0 unspecified atom stereocenters. The standard InChI is InChI=1S/C61H87F3N4O17/c1-4-68(5-2)54-14-15-56(55(46-54)57-45-52(16-17-65-57)59(70)66-47-49-9-7-12-53(44-49)61(62,63)64)67-60(71)51-11-6-10-50(43-51)48-84-40-39-82-36-35-80-32-31-79-33-34-81-37-38-83-41-42-85-58(69)13-8-18-73-21-22-75-25-26-77-29-30-78-28-27-76-24-23-74-20-19-72-3/h6-7,9-12,14-17,43-46H,4-5,8,13,18-42,47-48H2,1-3H3,(H,66,70)(H,67,71). The normalized spacial score (nSPS) is 11.5. The van der Waals surface area contributed by atoms with Crippen LogP contribution in [0.4, 0.5) is 24.5 Å². The summed E-state index contributed by atoms with van der Waals surface area (Å²) in [6.07, 6.45) is -2.23. The van der Waals surface area contributed by atoms with Gasteiger partial charge in [-0.25, -0.2) is 0 Å². The monoisotopic (exact) mass is 1200 g/mol. The topological polar surface area (TPSA) is 221 Å². The second-order valence-electron chi connectivity index (χ2n) is 18.5. The summed E-state index contributed by atoms with van der Waals surface area (Å²) >= 11 is 0. The maximum Gasteiger partial charge on any atom is 0.416 e. The number of pyridine rings is 1. The highest BCUT2D eigenvalue weighted by Gasteiger charge is 2.30. The van der Waals surface area contributed by atoms with E-state index in [2.05, 4.69) is 20.5 Å². The molecule has 21 nitrogen and oxygen atoms in total. The first-order valence-corrected chi connectivity index (χ1v) is 28.8. The molecule has 85 heavy (non-hydrogen) atoms. The number of alkyl halides is 3. The van der Waals surface area contributed by atoms with E-state index < -0.39 is 17.6 Å². The van der Waals surface area contributed by atoms with Crippen LogP contribution in [0.1, 0.15) is 64.1 Å². The van der Waals surface area contributed by atoms with Crippen LogP contribution in [-0.4, -0.2) is 208 Å². The molecule has 4 rings (SSSR count). The molecule has 0 atom stereocenters. The number of aromatic nitrogens is 1. The fourth-order valence-electron chi connectivity index (χ4n) is 7.74. The van der Waals surface area contributed by atoms with Gasteiger partial charge in [-0.05, 0) is 86.0 Å². The van der Waals surface area contributed by atoms with E-state index >= 15 is 0 Å². The molecule has 3 aromatic carbocycles. The van der Waals surface area contributed by atoms with Gasteiger partial charge >= 0.3 is 12.1 Å². The lowest BCUT2D eigenvalue weighted by Gasteiger charge is -2.23. The highest BCUT2D eigenvalue weighted by Crippen LogP contribution is 2.33. The molecule has 0 fully saturated rings. The summed E-state index contributed by atoms with van der Waals surface area (Å²) in [6, 6.07) is 20.6. The molecular formula is C61H87F3N4O17. The first-order chi connectivity index (χ1) is 41.5. The molecular weight excluding hydrogens is 1120 g/mol. The van der Waals surface area contributed by atoms with E-state index in [-0.39, 0.29) is 50.2 Å². The first-order valence-electron chi connectivity index (χ1n) is 28.8. The number of rotatable bonds is 51. The van der Waals surface area contributed by atoms with E-state index in [1.54, 1.807) is 37.4 Å². The number of amides is 2. The number of nitrogens with zero attached hydrogens (tertiary/aromatic N) is 2. The number of esters is 1. The van der Waals surface area contributed by atoms with Crippen molar-refractivity contribution < 1.29 is 93.9 Å². The summed E-state index contributed by atoms with van der Waals surface area (Å²) in [6.45, 7) is 16.2. The number of halogens is 3. The molecule has 4 aromatic rings. The Labute approximate surface area is 497 Å². The summed E-state index contributed by atoms with van der Waals surface area (Å²) in [7, 11) is 1.63. The summed E-state index contributed by atoms with van der Waals surface area (Å²) in [5.41, 5.74) is 3.28. The van der Waals surface area contributed by atoms with Gasteiger partial charge in [-0.2, -0.15) is 13.2 Å². The van der Waals surface area contributed by atoms with Gasteiger partial charge in [0.2, 0.25) is 0 Å². The van der Waals surface area contributed by atoms with E-state index in [1.165, 1.54) is 24.4 Å². The predicted molar refractivity (Wildman–Crippen MR) is 311 cm³/mol. The van der Waals surface area contributed by atoms with Crippen molar-refractivity contribution in [3.8, 4) is 11.3 Å². The number of anilines is 2. The molecule has 474 valence electrons. The van der Waals surface area contributed by atoms with Crippen LogP contribution in [0.5, 0.6) is 0 Å². The summed E-state index contributed by atoms with van der Waals surface area (Å²) in [5, 5.41) is 5.71. The van der Waals surface area contributed by atoms with Gasteiger partial charge in [-0.3, -0.25) is 19.4 Å². The fourth-order valence-corrected chi connectivity index (χ4v) is 7.74. The quantitative estimate of drug-likeness (QED) is 0.0323. The lowest BCUT2D eigenvalue weighted by molar-refractivity contribution is -0.145. The molecule has 2 amide bonds. The molecule has 1 heterocycles. The zero-order chi connectivity index (χ0) is 60.8. The third-order valence-corrected chi connectivity index (χ3v) is 12.2. The molecule has 1 aromatic heterocycles. The van der Waals surface area contributed by atoms with Crippen LogP contribution in [0.25, 0.3) is 11.3 Å². The van der Waals surface area contributed by atoms with Gasteiger partial charge in [0.15, 0.2) is 0 Å². The van der Waals surface area contributed by atoms with Gasteiger partial charge in [0.1, 0.15) is 6.61 Å². The van der Waals surface area contributed by atoms with Crippen molar-refractivity contribution in [1.29, 1.82) is 0 Å². The van der Waals surface area contributed by atoms with E-state index in [9.17, 15) is 27.6 Å². The minimum Gasteiger partial charge on any atom is -0.463 e. The Morgan fingerprint density at radius 2 is 0.988 bits per heavy atom. The van der Waals surface area contributed by atoms with Gasteiger partial charge in [0.05, 0.1) is 176 Å². The van der Waals surface area contributed by atoms with Crippen molar-refractivity contribution in [2.75, 3.05) is 196 Å². The first kappa shape index (κ1) is 71.8. The van der Waals surface area contributed by atoms with E-state index in [1.807, 2.05) is 32.0 Å². The molecule has 0 aliphatic rings. The number of benzene rings is 3. The van der Waals surface area contributed by atoms with Crippen LogP contribution < -0.4 is 15.5 Å². The van der Waals surface area contributed by atoms with Crippen LogP contribution >= 0.6 is 0 Å². The lowest BCUT2D eigenvalue weighted by Crippen LogP contribution is -2.23. The Morgan fingerprint density at radius 1 is 0.506 bits per heavy atom. The number of hydrogen-bond donors (Lipinski definition) is 2. The average molecular weight is 1210 g/mol. The van der Waals surface area contributed by atoms with E-state index in [0.717, 1.165) is 36.5 Å². The maximum atomic E-state index is 13.7. The largest absolute Gasteiger partial charge is 0.463 e. The third-order valence-electron chi connectivity index (χ3n) is 12.2. The molecule has 0 bridgehead atoms. The Hall–Kier alpha value is -5.71. The van der Waals surface area contributed by atoms with Crippen molar-refractivity contribution >= 4 is 29.2 Å².